The van der Waals surface area contributed by atoms with E-state index in [-0.39, 0.29) is 6.03 Å². The molecule has 3 aromatic rings. The zero-order valence-corrected chi connectivity index (χ0v) is 24.3. The molecule has 7 nitrogen and oxygen atoms in total. The van der Waals surface area contributed by atoms with Gasteiger partial charge in [-0.15, -0.1) is 0 Å². The minimum atomic E-state index is -2.10. The molecule has 0 bridgehead atoms. The number of urea groups is 1. The van der Waals surface area contributed by atoms with Crippen LogP contribution in [0.4, 0.5) is 4.79 Å². The third-order valence-corrected chi connectivity index (χ3v) is 14.4. The highest BCUT2D eigenvalue weighted by atomic mass is 28.4. The van der Waals surface area contributed by atoms with Gasteiger partial charge in [-0.3, -0.25) is 0 Å². The fourth-order valence-electron chi connectivity index (χ4n) is 6.54. The Morgan fingerprint density at radius 1 is 1.08 bits per heavy atom. The third kappa shape index (κ3) is 4.43. The first kappa shape index (κ1) is 25.8. The molecule has 37 heavy (non-hydrogen) atoms. The van der Waals surface area contributed by atoms with Crippen molar-refractivity contribution >= 4 is 25.1 Å². The molecule has 0 radical (unpaired) electrons. The SMILES string of the molecule is CNC(=O)N1CCn2c(C3CC3)nc(-c3cccc4cc(O[Si](C(C)C)(C(C)C)C(C)C)ncc34)c2C1. The number of carbonyl (C=O) groups excluding carboxylic acids is 1. The predicted molar refractivity (Wildman–Crippen MR) is 151 cm³/mol. The zero-order valence-electron chi connectivity index (χ0n) is 23.3. The number of benzene rings is 1. The lowest BCUT2D eigenvalue weighted by Gasteiger charge is -2.41. The van der Waals surface area contributed by atoms with Gasteiger partial charge in [0, 0.05) is 49.3 Å². The number of nitrogens with one attached hydrogen (secondary N) is 1. The van der Waals surface area contributed by atoms with E-state index in [0.29, 0.717) is 35.6 Å². The molecule has 1 saturated carbocycles. The number of fused-ring (bicyclic) bond motifs is 2. The van der Waals surface area contributed by atoms with Gasteiger partial charge < -0.3 is 19.2 Å². The lowest BCUT2D eigenvalue weighted by Crippen LogP contribution is -2.50. The Morgan fingerprint density at radius 2 is 1.78 bits per heavy atom. The molecule has 1 aliphatic heterocycles. The predicted octanol–water partition coefficient (Wildman–Crippen LogP) is 6.69. The van der Waals surface area contributed by atoms with Crippen LogP contribution >= 0.6 is 0 Å². The van der Waals surface area contributed by atoms with Crippen molar-refractivity contribution in [2.24, 2.45) is 0 Å². The van der Waals surface area contributed by atoms with Crippen molar-refractivity contribution in [3.63, 3.8) is 0 Å². The number of pyridine rings is 1. The molecule has 0 saturated heterocycles. The molecule has 1 N–H and O–H groups in total. The van der Waals surface area contributed by atoms with Crippen molar-refractivity contribution in [1.82, 2.24) is 24.8 Å². The van der Waals surface area contributed by atoms with Gasteiger partial charge in [0.1, 0.15) is 5.82 Å². The molecule has 2 amide bonds. The summed E-state index contributed by atoms with van der Waals surface area (Å²) in [7, 11) is -0.408. The fourth-order valence-corrected chi connectivity index (χ4v) is 11.7. The van der Waals surface area contributed by atoms with E-state index in [1.165, 1.54) is 18.7 Å². The number of amides is 2. The van der Waals surface area contributed by atoms with E-state index in [4.69, 9.17) is 14.4 Å². The minimum absolute atomic E-state index is 0.0409. The maximum Gasteiger partial charge on any atom is 0.317 e. The van der Waals surface area contributed by atoms with Gasteiger partial charge in [0.15, 0.2) is 5.88 Å². The number of nitrogens with zero attached hydrogens (tertiary/aromatic N) is 4. The number of aromatic nitrogens is 3. The number of rotatable bonds is 7. The standard InChI is InChI=1S/C29H41N5O2Si/c1-18(2)37(19(3)4,20(5)6)36-26-15-22-9-8-10-23(24(22)16-31-26)27-25-17-33(29(35)30-7)13-14-34(25)28(32-27)21-11-12-21/h8-10,15-16,18-21H,11-14,17H2,1-7H3,(H,30,35). The van der Waals surface area contributed by atoms with Crippen molar-refractivity contribution < 1.29 is 9.22 Å². The van der Waals surface area contributed by atoms with E-state index in [1.54, 1.807) is 7.05 Å². The second-order valence-corrected chi connectivity index (χ2v) is 17.0. The molecular formula is C29H41N5O2Si. The Hall–Kier alpha value is -2.87. The molecule has 1 aliphatic carbocycles. The summed E-state index contributed by atoms with van der Waals surface area (Å²) in [4.78, 5) is 24.4. The molecule has 0 atom stereocenters. The van der Waals surface area contributed by atoms with E-state index in [9.17, 15) is 4.79 Å². The van der Waals surface area contributed by atoms with Gasteiger partial charge in [0.2, 0.25) is 0 Å². The van der Waals surface area contributed by atoms with Gasteiger partial charge >= 0.3 is 6.03 Å². The Bertz CT molecular complexity index is 1290. The maximum atomic E-state index is 12.4. The molecular weight excluding hydrogens is 478 g/mol. The fraction of sp³-hybridized carbons (Fsp3) is 0.552. The number of imidazole rings is 1. The van der Waals surface area contributed by atoms with E-state index >= 15 is 0 Å². The first-order valence-corrected chi connectivity index (χ1v) is 16.0. The summed E-state index contributed by atoms with van der Waals surface area (Å²) >= 11 is 0. The van der Waals surface area contributed by atoms with Crippen LogP contribution in [0.25, 0.3) is 22.0 Å². The topological polar surface area (TPSA) is 72.3 Å². The summed E-state index contributed by atoms with van der Waals surface area (Å²) in [6.07, 6.45) is 4.35. The summed E-state index contributed by atoms with van der Waals surface area (Å²) < 4.78 is 9.25. The molecule has 1 aromatic carbocycles. The molecule has 1 fully saturated rings. The summed E-state index contributed by atoms with van der Waals surface area (Å²) in [6.45, 7) is 15.8. The monoisotopic (exact) mass is 519 g/mol. The van der Waals surface area contributed by atoms with E-state index < -0.39 is 8.32 Å². The molecule has 8 heteroatoms. The molecule has 5 rings (SSSR count). The molecule has 0 spiro atoms. The van der Waals surface area contributed by atoms with Crippen LogP contribution in [0.5, 0.6) is 5.88 Å². The van der Waals surface area contributed by atoms with Crippen LogP contribution < -0.4 is 9.74 Å². The highest BCUT2D eigenvalue weighted by Gasteiger charge is 2.47. The van der Waals surface area contributed by atoms with Crippen LogP contribution in [0, 0.1) is 0 Å². The van der Waals surface area contributed by atoms with Gasteiger partial charge in [-0.1, -0.05) is 59.7 Å². The van der Waals surface area contributed by atoms with Gasteiger partial charge in [-0.2, -0.15) is 0 Å². The normalized spacial score (nSPS) is 16.1. The van der Waals surface area contributed by atoms with Crippen LogP contribution in [-0.2, 0) is 13.1 Å². The van der Waals surface area contributed by atoms with Crippen molar-refractivity contribution in [2.75, 3.05) is 13.6 Å². The average Bonchev–Trinajstić information content (AvgIpc) is 3.65. The van der Waals surface area contributed by atoms with Crippen LogP contribution in [-0.4, -0.2) is 47.4 Å². The number of hydrogen-bond acceptors (Lipinski definition) is 4. The molecule has 2 aliphatic rings. The minimum Gasteiger partial charge on any atom is -0.530 e. The first-order chi connectivity index (χ1) is 17.7. The molecule has 198 valence electrons. The van der Waals surface area contributed by atoms with Crippen LogP contribution in [0.1, 0.15) is 71.8 Å². The van der Waals surface area contributed by atoms with Gasteiger partial charge in [0.05, 0.1) is 17.9 Å². The van der Waals surface area contributed by atoms with Gasteiger partial charge in [0.25, 0.3) is 8.32 Å². The van der Waals surface area contributed by atoms with E-state index in [2.05, 4.69) is 75.7 Å². The summed E-state index contributed by atoms with van der Waals surface area (Å²) in [5.74, 6) is 2.44. The van der Waals surface area contributed by atoms with Gasteiger partial charge in [-0.25, -0.2) is 14.8 Å². The molecule has 3 heterocycles. The van der Waals surface area contributed by atoms with Crippen molar-refractivity contribution in [1.29, 1.82) is 0 Å². The number of carbonyl (C=O) groups is 1. The Kier molecular flexibility index (Phi) is 6.81. The summed E-state index contributed by atoms with van der Waals surface area (Å²) in [6, 6.07) is 8.44. The Labute approximate surface area is 221 Å². The third-order valence-electron chi connectivity index (χ3n) is 8.46. The maximum absolute atomic E-state index is 12.4. The highest BCUT2D eigenvalue weighted by molar-refractivity contribution is 6.78. The lowest BCUT2D eigenvalue weighted by molar-refractivity contribution is 0.185. The van der Waals surface area contributed by atoms with Gasteiger partial charge in [-0.05, 0) is 34.9 Å². The molecule has 0 unspecified atom stereocenters. The highest BCUT2D eigenvalue weighted by Crippen LogP contribution is 2.45. The quantitative estimate of drug-likeness (QED) is 0.353. The zero-order chi connectivity index (χ0) is 26.5. The Morgan fingerprint density at radius 3 is 2.41 bits per heavy atom. The second-order valence-electron chi connectivity index (χ2n) is 11.6. The number of hydrogen-bond donors (Lipinski definition) is 1. The Balaban J connectivity index is 1.57. The average molecular weight is 520 g/mol. The van der Waals surface area contributed by atoms with Crippen LogP contribution in [0.3, 0.4) is 0 Å². The van der Waals surface area contributed by atoms with Crippen molar-refractivity contribution in [3.05, 3.63) is 42.0 Å². The molecule has 2 aromatic heterocycles. The van der Waals surface area contributed by atoms with Crippen molar-refractivity contribution in [2.45, 2.75) is 90.0 Å². The lowest BCUT2D eigenvalue weighted by atomic mass is 10.0. The smallest absolute Gasteiger partial charge is 0.317 e. The summed E-state index contributed by atoms with van der Waals surface area (Å²) in [5.41, 5.74) is 4.63. The van der Waals surface area contributed by atoms with Crippen LogP contribution in [0.2, 0.25) is 16.6 Å². The summed E-state index contributed by atoms with van der Waals surface area (Å²) in [5, 5.41) is 4.96. The second kappa shape index (κ2) is 9.78. The van der Waals surface area contributed by atoms with E-state index in [1.807, 2.05) is 11.1 Å². The largest absolute Gasteiger partial charge is 0.530 e. The van der Waals surface area contributed by atoms with Crippen LogP contribution in [0.15, 0.2) is 30.5 Å². The van der Waals surface area contributed by atoms with E-state index in [0.717, 1.165) is 40.1 Å². The van der Waals surface area contributed by atoms with Crippen molar-refractivity contribution in [3.8, 4) is 17.1 Å². The first-order valence-electron chi connectivity index (χ1n) is 13.8.